The van der Waals surface area contributed by atoms with Gasteiger partial charge in [0.15, 0.2) is 5.78 Å². The van der Waals surface area contributed by atoms with Crippen molar-refractivity contribution in [3.05, 3.63) is 45.8 Å². The molecular formula is C15H15ClOS. The fraction of sp³-hybridized carbons (Fsp3) is 0.267. The summed E-state index contributed by atoms with van der Waals surface area (Å²) in [7, 11) is 0. The van der Waals surface area contributed by atoms with Gasteiger partial charge in [0.1, 0.15) is 0 Å². The average molecular weight is 279 g/mol. The molecule has 2 aromatic rings. The number of benzene rings is 1. The number of carbonyl (C=O) groups is 1. The molecule has 18 heavy (non-hydrogen) atoms. The number of thiophene rings is 1. The van der Waals surface area contributed by atoms with Crippen LogP contribution < -0.4 is 0 Å². The third kappa shape index (κ3) is 2.65. The van der Waals surface area contributed by atoms with Crippen molar-refractivity contribution in [1.29, 1.82) is 0 Å². The molecule has 0 atom stereocenters. The quantitative estimate of drug-likeness (QED) is 0.704. The van der Waals surface area contributed by atoms with Crippen LogP contribution in [0.15, 0.2) is 30.3 Å². The van der Waals surface area contributed by atoms with Crippen LogP contribution >= 0.6 is 22.9 Å². The minimum absolute atomic E-state index is 0.0399. The Morgan fingerprint density at radius 1 is 1.22 bits per heavy atom. The van der Waals surface area contributed by atoms with Gasteiger partial charge in [-0.25, -0.2) is 0 Å². The Balaban J connectivity index is 2.35. The van der Waals surface area contributed by atoms with Crippen LogP contribution in [0.3, 0.4) is 0 Å². The molecule has 0 spiro atoms. The maximum absolute atomic E-state index is 11.9. The minimum Gasteiger partial charge on any atom is -0.293 e. The number of hydrogen-bond acceptors (Lipinski definition) is 2. The summed E-state index contributed by atoms with van der Waals surface area (Å²) in [6.45, 7) is 5.82. The maximum Gasteiger partial charge on any atom is 0.175 e. The van der Waals surface area contributed by atoms with Gasteiger partial charge in [-0.05, 0) is 36.2 Å². The third-order valence-corrected chi connectivity index (χ3v) is 4.39. The largest absolute Gasteiger partial charge is 0.293 e. The van der Waals surface area contributed by atoms with E-state index < -0.39 is 0 Å². The number of halogens is 1. The molecule has 1 nitrogen and oxygen atoms in total. The molecular weight excluding hydrogens is 264 g/mol. The fourth-order valence-electron chi connectivity index (χ4n) is 1.66. The SMILES string of the molecule is Cc1ccc(-c2ccc(C(=O)C(C)C)s2)cc1Cl. The second-order valence-electron chi connectivity index (χ2n) is 4.65. The van der Waals surface area contributed by atoms with E-state index in [0.29, 0.717) is 0 Å². The molecule has 0 amide bonds. The first kappa shape index (κ1) is 13.3. The van der Waals surface area contributed by atoms with Gasteiger partial charge in [0.25, 0.3) is 0 Å². The van der Waals surface area contributed by atoms with Crippen molar-refractivity contribution in [2.24, 2.45) is 5.92 Å². The van der Waals surface area contributed by atoms with Crippen molar-refractivity contribution in [2.45, 2.75) is 20.8 Å². The molecule has 0 aliphatic rings. The van der Waals surface area contributed by atoms with Crippen LogP contribution in [-0.2, 0) is 0 Å². The van der Waals surface area contributed by atoms with Gasteiger partial charge in [-0.15, -0.1) is 11.3 Å². The summed E-state index contributed by atoms with van der Waals surface area (Å²) >= 11 is 7.65. The normalized spacial score (nSPS) is 10.9. The molecule has 94 valence electrons. The van der Waals surface area contributed by atoms with Gasteiger partial charge in [0.05, 0.1) is 4.88 Å². The summed E-state index contributed by atoms with van der Waals surface area (Å²) in [6.07, 6.45) is 0. The molecule has 1 aromatic heterocycles. The Bertz CT molecular complexity index is 584. The van der Waals surface area contributed by atoms with Crippen LogP contribution in [0.2, 0.25) is 5.02 Å². The zero-order valence-electron chi connectivity index (χ0n) is 10.7. The Labute approximate surface area is 116 Å². The highest BCUT2D eigenvalue weighted by molar-refractivity contribution is 7.17. The van der Waals surface area contributed by atoms with Crippen LogP contribution in [0, 0.1) is 12.8 Å². The predicted molar refractivity (Wildman–Crippen MR) is 78.7 cm³/mol. The second kappa shape index (κ2) is 5.25. The van der Waals surface area contributed by atoms with Crippen LogP contribution in [-0.4, -0.2) is 5.78 Å². The maximum atomic E-state index is 11.9. The van der Waals surface area contributed by atoms with Crippen molar-refractivity contribution in [1.82, 2.24) is 0 Å². The smallest absolute Gasteiger partial charge is 0.175 e. The van der Waals surface area contributed by atoms with E-state index in [2.05, 4.69) is 0 Å². The molecule has 1 aromatic carbocycles. The molecule has 0 fully saturated rings. The summed E-state index contributed by atoms with van der Waals surface area (Å²) < 4.78 is 0. The van der Waals surface area contributed by atoms with Crippen molar-refractivity contribution >= 4 is 28.7 Å². The molecule has 0 aliphatic carbocycles. The Hall–Kier alpha value is -1.12. The van der Waals surface area contributed by atoms with Gasteiger partial charge in [0.2, 0.25) is 0 Å². The number of hydrogen-bond donors (Lipinski definition) is 0. The lowest BCUT2D eigenvalue weighted by Crippen LogP contribution is -2.04. The first-order valence-corrected chi connectivity index (χ1v) is 7.09. The molecule has 0 N–H and O–H groups in total. The van der Waals surface area contributed by atoms with Crippen molar-refractivity contribution < 1.29 is 4.79 Å². The molecule has 0 bridgehead atoms. The Morgan fingerprint density at radius 2 is 1.94 bits per heavy atom. The topological polar surface area (TPSA) is 17.1 Å². The lowest BCUT2D eigenvalue weighted by Gasteiger charge is -2.02. The van der Waals surface area contributed by atoms with E-state index in [0.717, 1.165) is 25.9 Å². The summed E-state index contributed by atoms with van der Waals surface area (Å²) in [6, 6.07) is 9.88. The monoisotopic (exact) mass is 278 g/mol. The van der Waals surface area contributed by atoms with Crippen molar-refractivity contribution in [3.8, 4) is 10.4 Å². The second-order valence-corrected chi connectivity index (χ2v) is 6.14. The van der Waals surface area contributed by atoms with Gasteiger partial charge < -0.3 is 0 Å². The number of aryl methyl sites for hydroxylation is 1. The lowest BCUT2D eigenvalue weighted by molar-refractivity contribution is 0.0943. The number of Topliss-reactive ketones (excluding diaryl/α,β-unsaturated/α-hetero) is 1. The predicted octanol–water partition coefficient (Wildman–Crippen LogP) is 5.22. The fourth-order valence-corrected chi connectivity index (χ4v) is 2.93. The number of carbonyl (C=O) groups excluding carboxylic acids is 1. The minimum atomic E-state index is 0.0399. The van der Waals surface area contributed by atoms with E-state index >= 15 is 0 Å². The Morgan fingerprint density at radius 3 is 2.56 bits per heavy atom. The summed E-state index contributed by atoms with van der Waals surface area (Å²) in [5.74, 6) is 0.238. The molecule has 0 aliphatic heterocycles. The van der Waals surface area contributed by atoms with E-state index in [4.69, 9.17) is 11.6 Å². The molecule has 0 saturated carbocycles. The molecule has 3 heteroatoms. The molecule has 0 radical (unpaired) electrons. The van der Waals surface area contributed by atoms with Gasteiger partial charge in [0, 0.05) is 15.8 Å². The van der Waals surface area contributed by atoms with Gasteiger partial charge in [-0.3, -0.25) is 4.79 Å². The van der Waals surface area contributed by atoms with E-state index in [1.54, 1.807) is 0 Å². The summed E-state index contributed by atoms with van der Waals surface area (Å²) in [5.41, 5.74) is 2.13. The van der Waals surface area contributed by atoms with E-state index in [1.165, 1.54) is 11.3 Å². The van der Waals surface area contributed by atoms with Crippen LogP contribution in [0.4, 0.5) is 0 Å². The Kier molecular flexibility index (Phi) is 3.88. The first-order valence-electron chi connectivity index (χ1n) is 5.89. The van der Waals surface area contributed by atoms with E-state index in [-0.39, 0.29) is 11.7 Å². The summed E-state index contributed by atoms with van der Waals surface area (Å²) in [4.78, 5) is 13.8. The highest BCUT2D eigenvalue weighted by Gasteiger charge is 2.13. The number of ketones is 1. The zero-order chi connectivity index (χ0) is 13.3. The molecule has 2 rings (SSSR count). The van der Waals surface area contributed by atoms with E-state index in [1.807, 2.05) is 51.1 Å². The lowest BCUT2D eigenvalue weighted by atomic mass is 10.1. The molecule has 1 heterocycles. The van der Waals surface area contributed by atoms with Gasteiger partial charge in [-0.1, -0.05) is 37.6 Å². The van der Waals surface area contributed by atoms with Crippen LogP contribution in [0.5, 0.6) is 0 Å². The van der Waals surface area contributed by atoms with Crippen molar-refractivity contribution in [2.75, 3.05) is 0 Å². The van der Waals surface area contributed by atoms with Crippen molar-refractivity contribution in [3.63, 3.8) is 0 Å². The highest BCUT2D eigenvalue weighted by atomic mass is 35.5. The zero-order valence-corrected chi connectivity index (χ0v) is 12.2. The van der Waals surface area contributed by atoms with E-state index in [9.17, 15) is 4.79 Å². The van der Waals surface area contributed by atoms with Gasteiger partial charge >= 0.3 is 0 Å². The molecule has 0 unspecified atom stereocenters. The third-order valence-electron chi connectivity index (χ3n) is 2.83. The number of rotatable bonds is 3. The molecule has 0 saturated heterocycles. The van der Waals surface area contributed by atoms with Crippen LogP contribution in [0.1, 0.15) is 29.1 Å². The van der Waals surface area contributed by atoms with Gasteiger partial charge in [-0.2, -0.15) is 0 Å². The highest BCUT2D eigenvalue weighted by Crippen LogP contribution is 2.31. The standard InChI is InChI=1S/C15H15ClOS/c1-9(2)15(17)14-7-6-13(18-14)11-5-4-10(3)12(16)8-11/h4-9H,1-3H3. The first-order chi connectivity index (χ1) is 8.49. The summed E-state index contributed by atoms with van der Waals surface area (Å²) in [5, 5.41) is 0.762. The van der Waals surface area contributed by atoms with Crippen LogP contribution in [0.25, 0.3) is 10.4 Å². The average Bonchev–Trinajstić information content (AvgIpc) is 2.81.